The molecule has 0 spiro atoms. The lowest BCUT2D eigenvalue weighted by Gasteiger charge is -2.19. The Kier molecular flexibility index (Phi) is 5.55. The van der Waals surface area contributed by atoms with Gasteiger partial charge >= 0.3 is 0 Å². The lowest BCUT2D eigenvalue weighted by atomic mass is 10.0. The summed E-state index contributed by atoms with van der Waals surface area (Å²) in [5.41, 5.74) is 1.51. The molecule has 1 aromatic rings. The van der Waals surface area contributed by atoms with E-state index in [0.29, 0.717) is 17.9 Å². The molecule has 2 N–H and O–H groups in total. The third-order valence-corrected chi connectivity index (χ3v) is 2.97. The third-order valence-electron chi connectivity index (χ3n) is 2.97. The van der Waals surface area contributed by atoms with Crippen molar-refractivity contribution in [1.82, 2.24) is 10.6 Å². The highest BCUT2D eigenvalue weighted by Crippen LogP contribution is 2.09. The van der Waals surface area contributed by atoms with E-state index >= 15 is 0 Å². The second kappa shape index (κ2) is 6.92. The van der Waals surface area contributed by atoms with Crippen LogP contribution in [0.4, 0.5) is 0 Å². The van der Waals surface area contributed by atoms with Crippen LogP contribution >= 0.6 is 0 Å². The van der Waals surface area contributed by atoms with Crippen LogP contribution in [0.2, 0.25) is 0 Å². The number of benzene rings is 1. The van der Waals surface area contributed by atoms with Gasteiger partial charge in [-0.1, -0.05) is 32.0 Å². The average molecular weight is 262 g/mol. The first-order valence-corrected chi connectivity index (χ1v) is 6.53. The van der Waals surface area contributed by atoms with Crippen molar-refractivity contribution >= 4 is 11.8 Å². The summed E-state index contributed by atoms with van der Waals surface area (Å²) < 4.78 is 0. The lowest BCUT2D eigenvalue weighted by Crippen LogP contribution is -2.46. The monoisotopic (exact) mass is 262 g/mol. The van der Waals surface area contributed by atoms with Crippen LogP contribution in [0.5, 0.6) is 0 Å². The van der Waals surface area contributed by atoms with Crippen LogP contribution < -0.4 is 10.6 Å². The number of rotatable bonds is 5. The van der Waals surface area contributed by atoms with Gasteiger partial charge in [-0.2, -0.15) is 0 Å². The number of amides is 2. The first-order valence-electron chi connectivity index (χ1n) is 6.53. The summed E-state index contributed by atoms with van der Waals surface area (Å²) in [4.78, 5) is 24.0. The molecule has 0 aliphatic heterocycles. The first kappa shape index (κ1) is 15.2. The van der Waals surface area contributed by atoms with Gasteiger partial charge in [0.25, 0.3) is 5.91 Å². The Bertz CT molecular complexity index is 455. The van der Waals surface area contributed by atoms with Gasteiger partial charge in [-0.25, -0.2) is 0 Å². The minimum Gasteiger partial charge on any atom is -0.357 e. The third kappa shape index (κ3) is 4.39. The number of likely N-dealkylation sites (N-methyl/N-ethyl adjacent to an activating group) is 1. The molecule has 2 amide bonds. The Morgan fingerprint density at radius 3 is 2.37 bits per heavy atom. The number of carbonyl (C=O) groups is 2. The van der Waals surface area contributed by atoms with Crippen molar-refractivity contribution in [2.24, 2.45) is 5.92 Å². The van der Waals surface area contributed by atoms with E-state index in [2.05, 4.69) is 10.6 Å². The zero-order valence-corrected chi connectivity index (χ0v) is 12.0. The van der Waals surface area contributed by atoms with E-state index < -0.39 is 6.04 Å². The summed E-state index contributed by atoms with van der Waals surface area (Å²) >= 11 is 0. The molecule has 0 fully saturated rings. The van der Waals surface area contributed by atoms with Gasteiger partial charge in [0.1, 0.15) is 6.04 Å². The van der Waals surface area contributed by atoms with Crippen LogP contribution in [0.25, 0.3) is 0 Å². The molecule has 1 atom stereocenters. The summed E-state index contributed by atoms with van der Waals surface area (Å²) in [6.07, 6.45) is 0.622. The fourth-order valence-electron chi connectivity index (χ4n) is 1.94. The van der Waals surface area contributed by atoms with Gasteiger partial charge in [0.05, 0.1) is 0 Å². The standard InChI is InChI=1S/C15H22N2O2/c1-10(2)9-13(15(19)16-4)17-14(18)12-8-6-5-7-11(12)3/h5-8,10,13H,9H2,1-4H3,(H,16,19)(H,17,18). The van der Waals surface area contributed by atoms with Crippen LogP contribution in [0.3, 0.4) is 0 Å². The summed E-state index contributed by atoms with van der Waals surface area (Å²) in [6, 6.07) is 6.86. The smallest absolute Gasteiger partial charge is 0.252 e. The highest BCUT2D eigenvalue weighted by molar-refractivity contribution is 5.98. The zero-order valence-electron chi connectivity index (χ0n) is 12.0. The van der Waals surface area contributed by atoms with Crippen LogP contribution in [0, 0.1) is 12.8 Å². The number of nitrogens with one attached hydrogen (secondary N) is 2. The van der Waals surface area contributed by atoms with Crippen molar-refractivity contribution in [1.29, 1.82) is 0 Å². The maximum absolute atomic E-state index is 12.2. The quantitative estimate of drug-likeness (QED) is 0.851. The molecule has 4 nitrogen and oxygen atoms in total. The summed E-state index contributed by atoms with van der Waals surface area (Å²) in [7, 11) is 1.58. The molecule has 0 saturated carbocycles. The predicted molar refractivity (Wildman–Crippen MR) is 76.0 cm³/mol. The van der Waals surface area contributed by atoms with Crippen LogP contribution in [0.1, 0.15) is 36.2 Å². The first-order chi connectivity index (χ1) is 8.95. The van der Waals surface area contributed by atoms with E-state index in [1.807, 2.05) is 39.0 Å². The molecule has 1 rings (SSSR count). The minimum atomic E-state index is -0.489. The van der Waals surface area contributed by atoms with Gasteiger partial charge < -0.3 is 10.6 Å². The van der Waals surface area contributed by atoms with Crippen LogP contribution in [0.15, 0.2) is 24.3 Å². The number of hydrogen-bond acceptors (Lipinski definition) is 2. The highest BCUT2D eigenvalue weighted by Gasteiger charge is 2.21. The van der Waals surface area contributed by atoms with Gasteiger partial charge in [-0.15, -0.1) is 0 Å². The Hall–Kier alpha value is -1.84. The molecule has 0 aliphatic carbocycles. The predicted octanol–water partition coefficient (Wildman–Crippen LogP) is 1.89. The molecule has 1 unspecified atom stereocenters. The Balaban J connectivity index is 2.82. The summed E-state index contributed by atoms with van der Waals surface area (Å²) in [5.74, 6) is -0.0255. The Morgan fingerprint density at radius 2 is 1.84 bits per heavy atom. The molecule has 0 saturated heterocycles. The number of hydrogen-bond donors (Lipinski definition) is 2. The molecular formula is C15H22N2O2. The SMILES string of the molecule is CNC(=O)C(CC(C)C)NC(=O)c1ccccc1C. The van der Waals surface area contributed by atoms with E-state index in [-0.39, 0.29) is 11.8 Å². The lowest BCUT2D eigenvalue weighted by molar-refractivity contribution is -0.122. The maximum Gasteiger partial charge on any atom is 0.252 e. The van der Waals surface area contributed by atoms with Crippen LogP contribution in [-0.4, -0.2) is 24.9 Å². The van der Waals surface area contributed by atoms with E-state index in [4.69, 9.17) is 0 Å². The van der Waals surface area contributed by atoms with Crippen molar-refractivity contribution in [3.8, 4) is 0 Å². The van der Waals surface area contributed by atoms with E-state index in [1.165, 1.54) is 0 Å². The number of aryl methyl sites for hydroxylation is 1. The maximum atomic E-state index is 12.2. The van der Waals surface area contributed by atoms with Crippen molar-refractivity contribution in [3.63, 3.8) is 0 Å². The van der Waals surface area contributed by atoms with Gasteiger partial charge in [-0.05, 0) is 30.9 Å². The molecule has 0 aromatic heterocycles. The minimum absolute atomic E-state index is 0.157. The van der Waals surface area contributed by atoms with E-state index in [1.54, 1.807) is 13.1 Å². The van der Waals surface area contributed by atoms with Crippen molar-refractivity contribution in [2.75, 3.05) is 7.05 Å². The van der Waals surface area contributed by atoms with Crippen LogP contribution in [-0.2, 0) is 4.79 Å². The molecule has 0 bridgehead atoms. The molecule has 0 radical (unpaired) electrons. The molecule has 19 heavy (non-hydrogen) atoms. The largest absolute Gasteiger partial charge is 0.357 e. The fourth-order valence-corrected chi connectivity index (χ4v) is 1.94. The molecule has 4 heteroatoms. The van der Waals surface area contributed by atoms with Gasteiger partial charge in [-0.3, -0.25) is 9.59 Å². The normalized spacial score (nSPS) is 12.1. The fraction of sp³-hybridized carbons (Fsp3) is 0.467. The van der Waals surface area contributed by atoms with Gasteiger partial charge in [0.15, 0.2) is 0 Å². The second-order valence-electron chi connectivity index (χ2n) is 5.08. The second-order valence-corrected chi connectivity index (χ2v) is 5.08. The average Bonchev–Trinajstić information content (AvgIpc) is 2.36. The molecule has 0 heterocycles. The van der Waals surface area contributed by atoms with Gasteiger partial charge in [0.2, 0.25) is 5.91 Å². The van der Waals surface area contributed by atoms with E-state index in [0.717, 1.165) is 5.56 Å². The highest BCUT2D eigenvalue weighted by atomic mass is 16.2. The molecule has 1 aromatic carbocycles. The summed E-state index contributed by atoms with van der Waals surface area (Å²) in [5, 5.41) is 5.39. The zero-order chi connectivity index (χ0) is 14.4. The van der Waals surface area contributed by atoms with Crippen molar-refractivity contribution in [3.05, 3.63) is 35.4 Å². The van der Waals surface area contributed by atoms with E-state index in [9.17, 15) is 9.59 Å². The van der Waals surface area contributed by atoms with Gasteiger partial charge in [0, 0.05) is 12.6 Å². The molecule has 104 valence electrons. The molecular weight excluding hydrogens is 240 g/mol. The Labute approximate surface area is 114 Å². The summed E-state index contributed by atoms with van der Waals surface area (Å²) in [6.45, 7) is 5.93. The topological polar surface area (TPSA) is 58.2 Å². The van der Waals surface area contributed by atoms with Crippen molar-refractivity contribution < 1.29 is 9.59 Å². The Morgan fingerprint density at radius 1 is 1.21 bits per heavy atom. The molecule has 0 aliphatic rings. The number of carbonyl (C=O) groups excluding carboxylic acids is 2. The van der Waals surface area contributed by atoms with Crippen molar-refractivity contribution in [2.45, 2.75) is 33.2 Å².